The first kappa shape index (κ1) is 17.3. The van der Waals surface area contributed by atoms with Crippen LogP contribution in [0.4, 0.5) is 0 Å². The van der Waals surface area contributed by atoms with Crippen LogP contribution in [-0.2, 0) is 9.53 Å². The molecule has 0 bridgehead atoms. The average molecular weight is 360 g/mol. The summed E-state index contributed by atoms with van der Waals surface area (Å²) in [6.07, 6.45) is 10.5. The van der Waals surface area contributed by atoms with Gasteiger partial charge in [0.2, 0.25) is 5.91 Å². The van der Waals surface area contributed by atoms with E-state index in [-0.39, 0.29) is 17.4 Å². The van der Waals surface area contributed by atoms with Crippen molar-refractivity contribution in [2.24, 2.45) is 11.8 Å². The zero-order valence-corrected chi connectivity index (χ0v) is 14.9. The van der Waals surface area contributed by atoms with Crippen molar-refractivity contribution in [1.82, 2.24) is 5.32 Å². The molecule has 1 saturated heterocycles. The van der Waals surface area contributed by atoms with E-state index in [1.807, 2.05) is 0 Å². The minimum atomic E-state index is -0.0750. The van der Waals surface area contributed by atoms with Crippen LogP contribution in [0.2, 0.25) is 0 Å². The molecule has 1 saturated carbocycles. The maximum Gasteiger partial charge on any atom is 0.223 e. The summed E-state index contributed by atoms with van der Waals surface area (Å²) in [5.41, 5.74) is -0.0750. The van der Waals surface area contributed by atoms with Gasteiger partial charge in [-0.1, -0.05) is 42.1 Å². The van der Waals surface area contributed by atoms with Crippen LogP contribution < -0.4 is 5.32 Å². The van der Waals surface area contributed by atoms with Gasteiger partial charge in [-0.15, -0.1) is 0 Å². The van der Waals surface area contributed by atoms with Gasteiger partial charge in [0.05, 0.1) is 5.54 Å². The zero-order chi connectivity index (χ0) is 15.1. The van der Waals surface area contributed by atoms with Crippen molar-refractivity contribution in [3.8, 4) is 0 Å². The predicted octanol–water partition coefficient (Wildman–Crippen LogP) is 4.04. The number of nitrogens with one attached hydrogen (secondary N) is 1. The molecular weight excluding hydrogens is 330 g/mol. The third kappa shape index (κ3) is 4.95. The molecule has 0 unspecified atom stereocenters. The monoisotopic (exact) mass is 359 g/mol. The van der Waals surface area contributed by atoms with Crippen molar-refractivity contribution in [1.29, 1.82) is 0 Å². The van der Waals surface area contributed by atoms with Crippen LogP contribution in [0.3, 0.4) is 0 Å². The fraction of sp³-hybridized carbons (Fsp3) is 0.941. The number of ether oxygens (including phenoxy) is 1. The van der Waals surface area contributed by atoms with Crippen molar-refractivity contribution in [2.45, 2.75) is 70.3 Å². The molecule has 0 aromatic rings. The lowest BCUT2D eigenvalue weighted by molar-refractivity contribution is -0.129. The van der Waals surface area contributed by atoms with Crippen molar-refractivity contribution in [3.05, 3.63) is 0 Å². The van der Waals surface area contributed by atoms with Crippen LogP contribution in [0.25, 0.3) is 0 Å². The number of halogens is 1. The third-order valence-corrected chi connectivity index (χ3v) is 6.35. The molecular formula is C17H30BrNO2. The second kappa shape index (κ2) is 8.52. The molecule has 0 atom stereocenters. The van der Waals surface area contributed by atoms with Crippen LogP contribution >= 0.6 is 15.9 Å². The first-order chi connectivity index (χ1) is 10.2. The summed E-state index contributed by atoms with van der Waals surface area (Å²) in [6.45, 7) is 3.78. The highest BCUT2D eigenvalue weighted by molar-refractivity contribution is 9.09. The van der Waals surface area contributed by atoms with Gasteiger partial charge in [0.25, 0.3) is 0 Å². The molecule has 0 radical (unpaired) electrons. The largest absolute Gasteiger partial charge is 0.381 e. The number of rotatable bonds is 6. The molecule has 3 nitrogen and oxygen atoms in total. The Labute approximate surface area is 137 Å². The minimum Gasteiger partial charge on any atom is -0.381 e. The number of hydrogen-bond donors (Lipinski definition) is 1. The molecule has 122 valence electrons. The van der Waals surface area contributed by atoms with E-state index in [9.17, 15) is 4.79 Å². The second-order valence-electron chi connectivity index (χ2n) is 6.88. The lowest BCUT2D eigenvalue weighted by atomic mass is 9.79. The molecule has 2 rings (SSSR count). The Bertz CT molecular complexity index is 321. The van der Waals surface area contributed by atoms with Gasteiger partial charge in [-0.25, -0.2) is 0 Å². The van der Waals surface area contributed by atoms with Crippen molar-refractivity contribution < 1.29 is 9.53 Å². The van der Waals surface area contributed by atoms with E-state index in [0.29, 0.717) is 0 Å². The normalized spacial score (nSPS) is 29.0. The molecule has 0 aromatic heterocycles. The van der Waals surface area contributed by atoms with Crippen molar-refractivity contribution in [3.63, 3.8) is 0 Å². The summed E-state index contributed by atoms with van der Waals surface area (Å²) >= 11 is 3.59. The number of carbonyl (C=O) groups is 1. The molecule has 0 aromatic carbocycles. The minimum absolute atomic E-state index is 0.0750. The summed E-state index contributed by atoms with van der Waals surface area (Å²) in [5.74, 6) is 1.38. The first-order valence-corrected chi connectivity index (χ1v) is 9.77. The first-order valence-electron chi connectivity index (χ1n) is 8.65. The van der Waals surface area contributed by atoms with Gasteiger partial charge >= 0.3 is 0 Å². The van der Waals surface area contributed by atoms with E-state index in [0.717, 1.165) is 50.1 Å². The molecule has 0 spiro atoms. The maximum absolute atomic E-state index is 12.6. The number of carbonyl (C=O) groups excluding carboxylic acids is 1. The molecule has 4 heteroatoms. The van der Waals surface area contributed by atoms with E-state index in [1.54, 1.807) is 0 Å². The molecule has 1 amide bonds. The molecule has 1 N–H and O–H groups in total. The lowest BCUT2D eigenvalue weighted by Crippen LogP contribution is -2.55. The maximum atomic E-state index is 12.6. The molecule has 21 heavy (non-hydrogen) atoms. The van der Waals surface area contributed by atoms with Gasteiger partial charge < -0.3 is 10.1 Å². The quantitative estimate of drug-likeness (QED) is 0.726. The van der Waals surface area contributed by atoms with Crippen LogP contribution in [0, 0.1) is 11.8 Å². The summed E-state index contributed by atoms with van der Waals surface area (Å²) in [5, 5.41) is 4.18. The Balaban J connectivity index is 1.78. The third-order valence-electron chi connectivity index (χ3n) is 5.28. The fourth-order valence-electron chi connectivity index (χ4n) is 3.62. The van der Waals surface area contributed by atoms with Gasteiger partial charge in [0.1, 0.15) is 0 Å². The second-order valence-corrected chi connectivity index (χ2v) is 7.44. The highest BCUT2D eigenvalue weighted by atomic mass is 79.9. The van der Waals surface area contributed by atoms with Crippen LogP contribution in [0.5, 0.6) is 0 Å². The van der Waals surface area contributed by atoms with Gasteiger partial charge in [0, 0.05) is 24.5 Å². The number of unbranched alkanes of at least 4 members (excludes halogenated alkanes) is 1. The average Bonchev–Trinajstić information content (AvgIpc) is 2.54. The topological polar surface area (TPSA) is 38.3 Å². The van der Waals surface area contributed by atoms with E-state index in [1.165, 1.54) is 32.1 Å². The zero-order valence-electron chi connectivity index (χ0n) is 13.3. The van der Waals surface area contributed by atoms with Gasteiger partial charge in [-0.05, 0) is 44.4 Å². The molecule has 1 heterocycles. The summed E-state index contributed by atoms with van der Waals surface area (Å²) in [4.78, 5) is 12.6. The van der Waals surface area contributed by atoms with Crippen LogP contribution in [-0.4, -0.2) is 30.0 Å². The van der Waals surface area contributed by atoms with Crippen LogP contribution in [0.1, 0.15) is 64.7 Å². The van der Waals surface area contributed by atoms with Gasteiger partial charge in [0.15, 0.2) is 0 Å². The Morgan fingerprint density at radius 1 is 1.24 bits per heavy atom. The number of amides is 1. The Morgan fingerprint density at radius 3 is 2.48 bits per heavy atom. The van der Waals surface area contributed by atoms with Crippen LogP contribution in [0.15, 0.2) is 0 Å². The lowest BCUT2D eigenvalue weighted by Gasteiger charge is -2.38. The molecule has 2 aliphatic rings. The predicted molar refractivity (Wildman–Crippen MR) is 89.7 cm³/mol. The highest BCUT2D eigenvalue weighted by Crippen LogP contribution is 2.33. The van der Waals surface area contributed by atoms with Gasteiger partial charge in [-0.2, -0.15) is 0 Å². The van der Waals surface area contributed by atoms with Gasteiger partial charge in [-0.3, -0.25) is 4.79 Å². The standard InChI is InChI=1S/C17H30BrNO2/c1-2-3-4-14-5-7-15(8-6-14)16(20)19-17(13-18)9-11-21-12-10-17/h14-15H,2-13H2,1H3,(H,19,20). The molecule has 1 aliphatic heterocycles. The van der Waals surface area contributed by atoms with E-state index in [2.05, 4.69) is 28.2 Å². The van der Waals surface area contributed by atoms with E-state index >= 15 is 0 Å². The fourth-order valence-corrected chi connectivity index (χ4v) is 4.32. The number of hydrogen-bond acceptors (Lipinski definition) is 2. The molecule has 1 aliphatic carbocycles. The summed E-state index contributed by atoms with van der Waals surface area (Å²) in [7, 11) is 0. The number of alkyl halides is 1. The van der Waals surface area contributed by atoms with Crippen molar-refractivity contribution in [2.75, 3.05) is 18.5 Å². The van der Waals surface area contributed by atoms with E-state index < -0.39 is 0 Å². The summed E-state index contributed by atoms with van der Waals surface area (Å²) < 4.78 is 5.43. The Morgan fingerprint density at radius 2 is 1.90 bits per heavy atom. The van der Waals surface area contributed by atoms with E-state index in [4.69, 9.17) is 4.74 Å². The van der Waals surface area contributed by atoms with Crippen molar-refractivity contribution >= 4 is 21.8 Å². The SMILES string of the molecule is CCCCC1CCC(C(=O)NC2(CBr)CCOCC2)CC1. The smallest absolute Gasteiger partial charge is 0.223 e. The molecule has 2 fully saturated rings. The summed E-state index contributed by atoms with van der Waals surface area (Å²) in [6, 6.07) is 0. The Hall–Kier alpha value is -0.0900. The Kier molecular flexibility index (Phi) is 7.00. The highest BCUT2D eigenvalue weighted by Gasteiger charge is 2.35.